The standard InChI is InChI=1S/C24H28N2O3.CH4O3S.H2O/c1-3-14-9-16-11-18(12-17(16)10-15(14)4-2)25-13-22(28)19-5-7-21(27)24-20(19)6-8-23(29)26-24;1-5(2,3)4;/h5-10,18,22,25,27-28H,3-4,11-13H2,1-2H3,(H,26,29);1H3,(H,2,3,4);1H2. The van der Waals surface area contributed by atoms with Crippen molar-refractivity contribution in [1.82, 2.24) is 10.3 Å². The molecule has 1 unspecified atom stereocenters. The third-order valence-corrected chi connectivity index (χ3v) is 6.08. The fourth-order valence-corrected chi connectivity index (χ4v) is 4.51. The van der Waals surface area contributed by atoms with E-state index in [1.165, 1.54) is 34.4 Å². The van der Waals surface area contributed by atoms with Gasteiger partial charge in [0.1, 0.15) is 5.75 Å². The Balaban J connectivity index is 0.000000656. The van der Waals surface area contributed by atoms with Crippen LogP contribution in [0.4, 0.5) is 0 Å². The van der Waals surface area contributed by atoms with E-state index in [9.17, 15) is 23.4 Å². The van der Waals surface area contributed by atoms with Crippen molar-refractivity contribution in [1.29, 1.82) is 0 Å². The molecule has 7 N–H and O–H groups in total. The van der Waals surface area contributed by atoms with E-state index in [1.807, 2.05) is 0 Å². The van der Waals surface area contributed by atoms with Crippen LogP contribution in [0, 0.1) is 0 Å². The van der Waals surface area contributed by atoms with Crippen LogP contribution in [0.3, 0.4) is 0 Å². The largest absolute Gasteiger partial charge is 0.506 e. The van der Waals surface area contributed by atoms with Gasteiger partial charge in [-0.25, -0.2) is 0 Å². The molecule has 2 aromatic carbocycles. The monoisotopic (exact) mass is 506 g/mol. The van der Waals surface area contributed by atoms with Gasteiger partial charge < -0.3 is 26.0 Å². The molecule has 0 amide bonds. The summed E-state index contributed by atoms with van der Waals surface area (Å²) >= 11 is 0. The van der Waals surface area contributed by atoms with E-state index >= 15 is 0 Å². The number of hydrogen-bond donors (Lipinski definition) is 5. The second kappa shape index (κ2) is 11.8. The first-order valence-corrected chi connectivity index (χ1v) is 13.2. The number of fused-ring (bicyclic) bond motifs is 2. The predicted molar refractivity (Wildman–Crippen MR) is 137 cm³/mol. The number of aryl methyl sites for hydroxylation is 2. The van der Waals surface area contributed by atoms with Crippen LogP contribution in [0.15, 0.2) is 41.2 Å². The maximum atomic E-state index is 11.6. The molecule has 0 saturated carbocycles. The second-order valence-electron chi connectivity index (χ2n) is 8.64. The average Bonchev–Trinajstić information content (AvgIpc) is 3.17. The summed E-state index contributed by atoms with van der Waals surface area (Å²) < 4.78 is 25.9. The van der Waals surface area contributed by atoms with Crippen molar-refractivity contribution in [3.63, 3.8) is 0 Å². The maximum Gasteiger partial charge on any atom is 0.261 e. The lowest BCUT2D eigenvalue weighted by atomic mass is 9.97. The smallest absolute Gasteiger partial charge is 0.261 e. The maximum absolute atomic E-state index is 11.6. The first kappa shape index (κ1) is 28.5. The molecule has 35 heavy (non-hydrogen) atoms. The first-order chi connectivity index (χ1) is 16.0. The van der Waals surface area contributed by atoms with Crippen molar-refractivity contribution in [2.24, 2.45) is 0 Å². The fourth-order valence-electron chi connectivity index (χ4n) is 4.51. The van der Waals surface area contributed by atoms with Gasteiger partial charge in [0.25, 0.3) is 10.1 Å². The molecule has 4 rings (SSSR count). The van der Waals surface area contributed by atoms with Gasteiger partial charge in [-0.3, -0.25) is 9.35 Å². The van der Waals surface area contributed by atoms with Gasteiger partial charge in [0.15, 0.2) is 0 Å². The summed E-state index contributed by atoms with van der Waals surface area (Å²) in [6.45, 7) is 4.83. The Morgan fingerprint density at radius 2 is 1.60 bits per heavy atom. The predicted octanol–water partition coefficient (Wildman–Crippen LogP) is 1.83. The lowest BCUT2D eigenvalue weighted by Crippen LogP contribution is -2.33. The van der Waals surface area contributed by atoms with Gasteiger partial charge >= 0.3 is 0 Å². The molecule has 0 fully saturated rings. The molecular formula is C25H34N2O7S. The molecule has 1 aliphatic rings. The summed E-state index contributed by atoms with van der Waals surface area (Å²) in [6, 6.07) is 11.3. The van der Waals surface area contributed by atoms with Gasteiger partial charge in [0, 0.05) is 24.0 Å². The second-order valence-corrected chi connectivity index (χ2v) is 10.1. The highest BCUT2D eigenvalue weighted by molar-refractivity contribution is 7.85. The number of aromatic hydroxyl groups is 1. The van der Waals surface area contributed by atoms with Crippen LogP contribution in [0.1, 0.15) is 47.8 Å². The highest BCUT2D eigenvalue weighted by Gasteiger charge is 2.24. The Kier molecular flexibility index (Phi) is 9.59. The number of benzene rings is 2. The normalized spacial score (nSPS) is 14.1. The van der Waals surface area contributed by atoms with Crippen molar-refractivity contribution in [3.05, 3.63) is 74.6 Å². The van der Waals surface area contributed by atoms with Crippen molar-refractivity contribution < 1.29 is 28.7 Å². The number of nitrogens with one attached hydrogen (secondary N) is 2. The fraction of sp³-hybridized carbons (Fsp3) is 0.400. The van der Waals surface area contributed by atoms with E-state index in [4.69, 9.17) is 4.55 Å². The van der Waals surface area contributed by atoms with Crippen molar-refractivity contribution in [3.8, 4) is 5.75 Å². The third-order valence-electron chi connectivity index (χ3n) is 6.08. The number of aliphatic hydroxyl groups excluding tert-OH is 1. The van der Waals surface area contributed by atoms with Gasteiger partial charge in [0.05, 0.1) is 17.9 Å². The molecule has 1 heterocycles. The van der Waals surface area contributed by atoms with E-state index in [1.54, 1.807) is 12.1 Å². The molecule has 0 radical (unpaired) electrons. The Bertz CT molecular complexity index is 1290. The van der Waals surface area contributed by atoms with Crippen LogP contribution in [0.2, 0.25) is 0 Å². The van der Waals surface area contributed by atoms with Crippen molar-refractivity contribution >= 4 is 21.0 Å². The van der Waals surface area contributed by atoms with E-state index in [0.29, 0.717) is 35.3 Å². The van der Waals surface area contributed by atoms with Crippen LogP contribution in [0.5, 0.6) is 5.75 Å². The minimum absolute atomic E-state index is 0. The van der Waals surface area contributed by atoms with E-state index in [0.717, 1.165) is 25.7 Å². The van der Waals surface area contributed by atoms with Gasteiger partial charge in [-0.2, -0.15) is 8.42 Å². The number of phenolic OH excluding ortho intramolecular Hbond substituents is 1. The topological polar surface area (TPSA) is 171 Å². The SMILES string of the molecule is CCc1cc2c(cc1CC)CC(NCC(O)c1ccc(O)c3[nH]c(=O)ccc13)C2.CS(=O)(=O)O.O. The summed E-state index contributed by atoms with van der Waals surface area (Å²) in [5.74, 6) is 0.00584. The summed E-state index contributed by atoms with van der Waals surface area (Å²) in [6.07, 6.45) is 4.05. The van der Waals surface area contributed by atoms with Crippen molar-refractivity contribution in [2.75, 3.05) is 12.8 Å². The number of pyridine rings is 1. The first-order valence-electron chi connectivity index (χ1n) is 11.3. The Morgan fingerprint density at radius 3 is 2.11 bits per heavy atom. The van der Waals surface area contributed by atoms with Gasteiger partial charge in [0.2, 0.25) is 5.56 Å². The number of aliphatic hydroxyl groups is 1. The van der Waals surface area contributed by atoms with E-state index < -0.39 is 16.2 Å². The molecule has 0 saturated heterocycles. The zero-order valence-electron chi connectivity index (χ0n) is 20.1. The Morgan fingerprint density at radius 1 is 1.06 bits per heavy atom. The third kappa shape index (κ3) is 7.36. The number of rotatable bonds is 6. The van der Waals surface area contributed by atoms with Crippen LogP contribution < -0.4 is 10.9 Å². The molecule has 9 nitrogen and oxygen atoms in total. The van der Waals surface area contributed by atoms with Gasteiger partial charge in [-0.15, -0.1) is 0 Å². The number of H-pyrrole nitrogens is 1. The summed E-state index contributed by atoms with van der Waals surface area (Å²) in [5, 5.41) is 25.0. The number of hydrogen-bond acceptors (Lipinski definition) is 6. The van der Waals surface area contributed by atoms with Crippen molar-refractivity contribution in [2.45, 2.75) is 51.7 Å². The van der Waals surface area contributed by atoms with Gasteiger partial charge in [-0.1, -0.05) is 32.0 Å². The number of aromatic amines is 1. The van der Waals surface area contributed by atoms with Crippen LogP contribution in [-0.4, -0.2) is 52.5 Å². The highest BCUT2D eigenvalue weighted by Crippen LogP contribution is 2.30. The number of aromatic nitrogens is 1. The van der Waals surface area contributed by atoms with Gasteiger partial charge in [-0.05, 0) is 65.6 Å². The molecule has 1 atom stereocenters. The lowest BCUT2D eigenvalue weighted by Gasteiger charge is -2.18. The number of phenols is 1. The minimum atomic E-state index is -3.67. The molecule has 10 heteroatoms. The minimum Gasteiger partial charge on any atom is -0.506 e. The zero-order valence-corrected chi connectivity index (χ0v) is 20.9. The summed E-state index contributed by atoms with van der Waals surface area (Å²) in [7, 11) is -3.67. The van der Waals surface area contributed by atoms with Crippen LogP contribution in [-0.2, 0) is 35.8 Å². The molecule has 1 aromatic heterocycles. The lowest BCUT2D eigenvalue weighted by molar-refractivity contribution is 0.171. The quantitative estimate of drug-likeness (QED) is 0.317. The molecule has 0 bridgehead atoms. The Hall–Kier alpha value is -2.76. The van der Waals surface area contributed by atoms with Crippen LogP contribution >= 0.6 is 0 Å². The molecule has 192 valence electrons. The summed E-state index contributed by atoms with van der Waals surface area (Å²) in [4.78, 5) is 14.2. The van der Waals surface area contributed by atoms with E-state index in [-0.39, 0.29) is 16.8 Å². The molecule has 3 aromatic rings. The molecule has 0 aliphatic heterocycles. The van der Waals surface area contributed by atoms with E-state index in [2.05, 4.69) is 36.3 Å². The highest BCUT2D eigenvalue weighted by atomic mass is 32.2. The van der Waals surface area contributed by atoms with Crippen LogP contribution in [0.25, 0.3) is 10.9 Å². The molecule has 1 aliphatic carbocycles. The Labute approximate surface area is 204 Å². The average molecular weight is 507 g/mol. The molecular weight excluding hydrogens is 472 g/mol. The summed E-state index contributed by atoms with van der Waals surface area (Å²) in [5.41, 5.74) is 6.49. The zero-order chi connectivity index (χ0) is 25.0. The molecule has 0 spiro atoms.